The third kappa shape index (κ3) is 4.11. The lowest BCUT2D eigenvalue weighted by Crippen LogP contribution is -2.26. The second-order valence-electron chi connectivity index (χ2n) is 6.54. The quantitative estimate of drug-likeness (QED) is 0.394. The van der Waals surface area contributed by atoms with Crippen LogP contribution in [0.25, 0.3) is 0 Å². The summed E-state index contributed by atoms with van der Waals surface area (Å²) in [6.07, 6.45) is 1.49. The summed E-state index contributed by atoms with van der Waals surface area (Å²) in [5.74, 6) is 1.07. The smallest absolute Gasteiger partial charge is 0.173 e. The average Bonchev–Trinajstić information content (AvgIpc) is 2.77. The summed E-state index contributed by atoms with van der Waals surface area (Å²) < 4.78 is 0. The SMILES string of the molecule is Cc1ccccc1Nc1ncnc(NN(c2ccccc2)c2ccccc2)c1N. The number of benzene rings is 3. The average molecular weight is 382 g/mol. The first-order chi connectivity index (χ1) is 14.2. The van der Waals surface area contributed by atoms with E-state index in [0.29, 0.717) is 17.3 Å². The fourth-order valence-electron chi connectivity index (χ4n) is 2.96. The van der Waals surface area contributed by atoms with Gasteiger partial charge in [0.1, 0.15) is 12.0 Å². The molecule has 0 atom stereocenters. The highest BCUT2D eigenvalue weighted by atomic mass is 15.5. The van der Waals surface area contributed by atoms with Crippen molar-refractivity contribution < 1.29 is 0 Å². The van der Waals surface area contributed by atoms with Crippen LogP contribution in [0.5, 0.6) is 0 Å². The van der Waals surface area contributed by atoms with Gasteiger partial charge in [-0.2, -0.15) is 0 Å². The van der Waals surface area contributed by atoms with Crippen molar-refractivity contribution in [2.75, 3.05) is 21.5 Å². The van der Waals surface area contributed by atoms with Crippen LogP contribution < -0.4 is 21.5 Å². The summed E-state index contributed by atoms with van der Waals surface area (Å²) >= 11 is 0. The molecule has 6 nitrogen and oxygen atoms in total. The summed E-state index contributed by atoms with van der Waals surface area (Å²) in [5, 5.41) is 5.24. The monoisotopic (exact) mass is 382 g/mol. The van der Waals surface area contributed by atoms with E-state index in [9.17, 15) is 0 Å². The van der Waals surface area contributed by atoms with Crippen LogP contribution in [-0.2, 0) is 0 Å². The first-order valence-corrected chi connectivity index (χ1v) is 9.32. The molecule has 0 aliphatic rings. The molecule has 0 fully saturated rings. The molecule has 0 radical (unpaired) electrons. The maximum Gasteiger partial charge on any atom is 0.173 e. The van der Waals surface area contributed by atoms with Gasteiger partial charge < -0.3 is 11.1 Å². The number of hydrazine groups is 1. The molecule has 29 heavy (non-hydrogen) atoms. The fraction of sp³-hybridized carbons (Fsp3) is 0.0435. The number of nitrogens with one attached hydrogen (secondary N) is 2. The molecule has 6 heteroatoms. The van der Waals surface area contributed by atoms with E-state index in [1.165, 1.54) is 6.33 Å². The van der Waals surface area contributed by atoms with Crippen LogP contribution in [0.3, 0.4) is 0 Å². The number of aromatic nitrogens is 2. The zero-order valence-corrected chi connectivity index (χ0v) is 16.1. The molecule has 3 aromatic carbocycles. The first-order valence-electron chi connectivity index (χ1n) is 9.32. The van der Waals surface area contributed by atoms with Crippen molar-refractivity contribution in [2.24, 2.45) is 0 Å². The first kappa shape index (κ1) is 18.3. The molecule has 1 aromatic heterocycles. The molecule has 0 amide bonds. The third-order valence-electron chi connectivity index (χ3n) is 4.53. The minimum absolute atomic E-state index is 0.438. The Morgan fingerprint density at radius 1 is 0.724 bits per heavy atom. The van der Waals surface area contributed by atoms with E-state index in [1.807, 2.05) is 96.9 Å². The molecule has 144 valence electrons. The maximum atomic E-state index is 6.41. The van der Waals surface area contributed by atoms with Gasteiger partial charge in [0.25, 0.3) is 0 Å². The van der Waals surface area contributed by atoms with Crippen LogP contribution in [0.4, 0.5) is 34.4 Å². The van der Waals surface area contributed by atoms with E-state index in [2.05, 4.69) is 20.7 Å². The molecule has 4 rings (SSSR count). The van der Waals surface area contributed by atoms with E-state index in [-0.39, 0.29) is 0 Å². The number of rotatable bonds is 6. The third-order valence-corrected chi connectivity index (χ3v) is 4.53. The number of hydrogen-bond acceptors (Lipinski definition) is 6. The highest BCUT2D eigenvalue weighted by Crippen LogP contribution is 2.31. The van der Waals surface area contributed by atoms with Crippen molar-refractivity contribution >= 4 is 34.4 Å². The molecule has 0 aliphatic heterocycles. The van der Waals surface area contributed by atoms with Crippen LogP contribution in [0.2, 0.25) is 0 Å². The minimum atomic E-state index is 0.438. The van der Waals surface area contributed by atoms with Gasteiger partial charge in [0.15, 0.2) is 11.6 Å². The molecular weight excluding hydrogens is 360 g/mol. The van der Waals surface area contributed by atoms with Gasteiger partial charge in [-0.3, -0.25) is 10.4 Å². The zero-order chi connectivity index (χ0) is 20.1. The lowest BCUT2D eigenvalue weighted by molar-refractivity contribution is 1.09. The van der Waals surface area contributed by atoms with E-state index < -0.39 is 0 Å². The number of nitrogen functional groups attached to an aromatic ring is 1. The lowest BCUT2D eigenvalue weighted by Gasteiger charge is -2.27. The van der Waals surface area contributed by atoms with Gasteiger partial charge in [0.05, 0.1) is 11.4 Å². The van der Waals surface area contributed by atoms with Gasteiger partial charge >= 0.3 is 0 Å². The minimum Gasteiger partial charge on any atom is -0.393 e. The second kappa shape index (κ2) is 8.31. The van der Waals surface area contributed by atoms with Gasteiger partial charge in [-0.25, -0.2) is 9.97 Å². The van der Waals surface area contributed by atoms with E-state index in [4.69, 9.17) is 5.73 Å². The van der Waals surface area contributed by atoms with Crippen LogP contribution in [0, 0.1) is 6.92 Å². The number of para-hydroxylation sites is 3. The van der Waals surface area contributed by atoms with Crippen molar-refractivity contribution in [3.8, 4) is 0 Å². The largest absolute Gasteiger partial charge is 0.393 e. The number of nitrogens with zero attached hydrogens (tertiary/aromatic N) is 3. The molecule has 0 saturated heterocycles. The summed E-state index contributed by atoms with van der Waals surface area (Å²) in [6, 6.07) is 28.0. The van der Waals surface area contributed by atoms with Gasteiger partial charge in [0.2, 0.25) is 0 Å². The van der Waals surface area contributed by atoms with Crippen molar-refractivity contribution in [1.82, 2.24) is 9.97 Å². The number of anilines is 6. The highest BCUT2D eigenvalue weighted by Gasteiger charge is 2.14. The fourth-order valence-corrected chi connectivity index (χ4v) is 2.96. The predicted molar refractivity (Wildman–Crippen MR) is 120 cm³/mol. The molecule has 4 N–H and O–H groups in total. The Morgan fingerprint density at radius 2 is 1.28 bits per heavy atom. The van der Waals surface area contributed by atoms with Gasteiger partial charge in [0, 0.05) is 5.69 Å². The molecule has 0 bridgehead atoms. The maximum absolute atomic E-state index is 6.41. The number of nitrogens with two attached hydrogens (primary N) is 1. The van der Waals surface area contributed by atoms with Crippen LogP contribution >= 0.6 is 0 Å². The second-order valence-corrected chi connectivity index (χ2v) is 6.54. The molecule has 1 heterocycles. The normalized spacial score (nSPS) is 10.4. The van der Waals surface area contributed by atoms with Crippen molar-refractivity contribution in [1.29, 1.82) is 0 Å². The summed E-state index contributed by atoms with van der Waals surface area (Å²) in [6.45, 7) is 2.03. The van der Waals surface area contributed by atoms with Crippen molar-refractivity contribution in [3.63, 3.8) is 0 Å². The number of hydrogen-bond donors (Lipinski definition) is 3. The predicted octanol–water partition coefficient (Wildman–Crippen LogP) is 5.28. The Labute approximate surface area is 170 Å². The van der Waals surface area contributed by atoms with Crippen LogP contribution in [0.1, 0.15) is 5.56 Å². The molecular formula is C23H22N6. The summed E-state index contributed by atoms with van der Waals surface area (Å²) in [4.78, 5) is 8.69. The summed E-state index contributed by atoms with van der Waals surface area (Å²) in [5.41, 5.74) is 14.2. The van der Waals surface area contributed by atoms with Gasteiger partial charge in [-0.05, 0) is 42.8 Å². The van der Waals surface area contributed by atoms with Gasteiger partial charge in [-0.1, -0.05) is 54.6 Å². The van der Waals surface area contributed by atoms with E-state index in [0.717, 1.165) is 22.6 Å². The Kier molecular flexibility index (Phi) is 5.25. The van der Waals surface area contributed by atoms with Crippen LogP contribution in [0.15, 0.2) is 91.3 Å². The molecule has 4 aromatic rings. The molecule has 0 saturated carbocycles. The molecule has 0 spiro atoms. The van der Waals surface area contributed by atoms with Crippen LogP contribution in [-0.4, -0.2) is 9.97 Å². The standard InChI is InChI=1S/C23H22N6/c1-17-10-8-9-15-20(17)27-22-21(24)23(26-16-25-22)28-29(18-11-4-2-5-12-18)19-13-6-3-7-14-19/h2-16H,24H2,1H3,(H2,25,26,27,28). The topological polar surface area (TPSA) is 79.1 Å². The zero-order valence-electron chi connectivity index (χ0n) is 16.1. The van der Waals surface area contributed by atoms with Crippen molar-refractivity contribution in [2.45, 2.75) is 6.92 Å². The van der Waals surface area contributed by atoms with E-state index in [1.54, 1.807) is 0 Å². The lowest BCUT2D eigenvalue weighted by atomic mass is 10.2. The molecule has 0 unspecified atom stereocenters. The Balaban J connectivity index is 1.67. The highest BCUT2D eigenvalue weighted by molar-refractivity contribution is 5.80. The van der Waals surface area contributed by atoms with Crippen molar-refractivity contribution in [3.05, 3.63) is 96.8 Å². The Bertz CT molecular complexity index is 1040. The summed E-state index contributed by atoms with van der Waals surface area (Å²) in [7, 11) is 0. The van der Waals surface area contributed by atoms with Gasteiger partial charge in [-0.15, -0.1) is 0 Å². The number of aryl methyl sites for hydroxylation is 1. The molecule has 0 aliphatic carbocycles. The Hall–Kier alpha value is -4.06. The Morgan fingerprint density at radius 3 is 1.90 bits per heavy atom. The van der Waals surface area contributed by atoms with E-state index >= 15 is 0 Å².